The summed E-state index contributed by atoms with van der Waals surface area (Å²) in [5.74, 6) is 0.619. The van der Waals surface area contributed by atoms with Crippen LogP contribution in [0.25, 0.3) is 0 Å². The molecule has 0 amide bonds. The van der Waals surface area contributed by atoms with E-state index in [0.29, 0.717) is 22.4 Å². The largest absolute Gasteiger partial charge is 0.486 e. The minimum atomic E-state index is -0.0144. The van der Waals surface area contributed by atoms with E-state index in [-0.39, 0.29) is 11.9 Å². The van der Waals surface area contributed by atoms with Crippen LogP contribution in [0.1, 0.15) is 43.3 Å². The summed E-state index contributed by atoms with van der Waals surface area (Å²) < 4.78 is 5.80. The second-order valence-corrected chi connectivity index (χ2v) is 6.42. The van der Waals surface area contributed by atoms with Crippen LogP contribution in [0, 0.1) is 0 Å². The predicted octanol–water partition coefficient (Wildman–Crippen LogP) is 2.48. The third kappa shape index (κ3) is 3.43. The van der Waals surface area contributed by atoms with Crippen molar-refractivity contribution in [1.82, 2.24) is 5.32 Å². The summed E-state index contributed by atoms with van der Waals surface area (Å²) in [7, 11) is 0. The Kier molecular flexibility index (Phi) is 4.88. The first-order chi connectivity index (χ1) is 9.49. The molecule has 5 nitrogen and oxygen atoms in total. The van der Waals surface area contributed by atoms with Gasteiger partial charge in [-0.2, -0.15) is 0 Å². The maximum Gasteiger partial charge on any atom is 0.177 e. The monoisotopic (exact) mass is 297 g/mol. The van der Waals surface area contributed by atoms with Crippen molar-refractivity contribution in [3.05, 3.63) is 4.88 Å². The molecule has 0 atom stereocenters. The van der Waals surface area contributed by atoms with Gasteiger partial charge in [-0.1, -0.05) is 0 Å². The molecular formula is C14H23N3O2S. The smallest absolute Gasteiger partial charge is 0.177 e. The van der Waals surface area contributed by atoms with Crippen molar-refractivity contribution in [3.8, 4) is 5.75 Å². The number of hydrogen-bond donors (Lipinski definition) is 3. The fraction of sp³-hybridized carbons (Fsp3) is 0.643. The average molecular weight is 297 g/mol. The van der Waals surface area contributed by atoms with Crippen molar-refractivity contribution >= 4 is 27.8 Å². The number of carbonyl (C=O) groups is 1. The zero-order valence-corrected chi connectivity index (χ0v) is 13.1. The number of hydrogen-bond acceptors (Lipinski definition) is 6. The maximum atomic E-state index is 11.6. The van der Waals surface area contributed by atoms with Crippen LogP contribution in [0.4, 0.5) is 10.7 Å². The second-order valence-electron chi connectivity index (χ2n) is 5.39. The fourth-order valence-electron chi connectivity index (χ4n) is 2.29. The number of nitrogen functional groups attached to an aromatic ring is 1. The lowest BCUT2D eigenvalue weighted by molar-refractivity contribution is 0.102. The van der Waals surface area contributed by atoms with E-state index >= 15 is 0 Å². The molecule has 1 aromatic heterocycles. The molecule has 2 heterocycles. The molecule has 0 spiro atoms. The molecule has 6 heteroatoms. The maximum absolute atomic E-state index is 11.6. The number of thiophene rings is 1. The van der Waals surface area contributed by atoms with E-state index in [0.717, 1.165) is 30.9 Å². The van der Waals surface area contributed by atoms with Gasteiger partial charge in [0, 0.05) is 13.0 Å². The highest BCUT2D eigenvalue weighted by Gasteiger charge is 2.23. The molecule has 0 aliphatic carbocycles. The van der Waals surface area contributed by atoms with Crippen molar-refractivity contribution in [2.24, 2.45) is 0 Å². The van der Waals surface area contributed by atoms with E-state index in [1.54, 1.807) is 0 Å². The Morgan fingerprint density at radius 1 is 1.45 bits per heavy atom. The summed E-state index contributed by atoms with van der Waals surface area (Å²) in [6.45, 7) is 7.48. The fourth-order valence-corrected chi connectivity index (χ4v) is 3.32. The van der Waals surface area contributed by atoms with Crippen LogP contribution in [0.15, 0.2) is 0 Å². The first kappa shape index (κ1) is 15.1. The third-order valence-electron chi connectivity index (χ3n) is 3.25. The molecule has 1 saturated heterocycles. The normalized spacial score (nSPS) is 16.4. The van der Waals surface area contributed by atoms with E-state index in [1.807, 2.05) is 13.8 Å². The second kappa shape index (κ2) is 6.45. The molecular weight excluding hydrogens is 274 g/mol. The molecule has 2 rings (SSSR count). The molecule has 1 aliphatic heterocycles. The zero-order chi connectivity index (χ0) is 14.7. The lowest BCUT2D eigenvalue weighted by Gasteiger charge is -2.24. The molecule has 0 saturated carbocycles. The van der Waals surface area contributed by atoms with Crippen LogP contribution in [-0.4, -0.2) is 31.0 Å². The van der Waals surface area contributed by atoms with Crippen LogP contribution in [0.3, 0.4) is 0 Å². The topological polar surface area (TPSA) is 76.4 Å². The number of anilines is 2. The number of ketones is 1. The standard InChI is InChI=1S/C14H23N3O2S/c1-8(2)19-12-11(15)13(9(3)18)20-14(12)17-10-4-6-16-7-5-10/h8,10,16-17H,4-7,15H2,1-3H3. The van der Waals surface area contributed by atoms with Crippen molar-refractivity contribution in [2.75, 3.05) is 24.1 Å². The highest BCUT2D eigenvalue weighted by Crippen LogP contribution is 2.44. The number of nitrogens with two attached hydrogens (primary N) is 1. The van der Waals surface area contributed by atoms with Crippen LogP contribution in [-0.2, 0) is 0 Å². The number of rotatable bonds is 5. The molecule has 0 bridgehead atoms. The van der Waals surface area contributed by atoms with E-state index in [4.69, 9.17) is 10.5 Å². The number of Topliss-reactive ketones (excluding diaryl/α,β-unsaturated/α-hetero) is 1. The molecule has 1 fully saturated rings. The van der Waals surface area contributed by atoms with Crippen molar-refractivity contribution in [2.45, 2.75) is 45.8 Å². The van der Waals surface area contributed by atoms with Gasteiger partial charge in [-0.05, 0) is 39.8 Å². The van der Waals surface area contributed by atoms with Gasteiger partial charge in [-0.3, -0.25) is 4.79 Å². The van der Waals surface area contributed by atoms with Gasteiger partial charge < -0.3 is 21.1 Å². The number of ether oxygens (including phenoxy) is 1. The number of carbonyl (C=O) groups excluding carboxylic acids is 1. The molecule has 20 heavy (non-hydrogen) atoms. The van der Waals surface area contributed by atoms with Crippen LogP contribution < -0.4 is 21.1 Å². The van der Waals surface area contributed by atoms with Crippen molar-refractivity contribution in [3.63, 3.8) is 0 Å². The van der Waals surface area contributed by atoms with Gasteiger partial charge in [0.15, 0.2) is 11.5 Å². The minimum Gasteiger partial charge on any atom is -0.486 e. The quantitative estimate of drug-likeness (QED) is 0.728. The van der Waals surface area contributed by atoms with Gasteiger partial charge >= 0.3 is 0 Å². The Hall–Kier alpha value is -1.27. The Bertz CT molecular complexity index is 479. The average Bonchev–Trinajstić information content (AvgIpc) is 2.68. The molecule has 1 aromatic rings. The lowest BCUT2D eigenvalue weighted by atomic mass is 10.1. The SMILES string of the molecule is CC(=O)c1sc(NC2CCNCC2)c(OC(C)C)c1N. The lowest BCUT2D eigenvalue weighted by Crippen LogP contribution is -2.35. The first-order valence-electron chi connectivity index (χ1n) is 7.06. The highest BCUT2D eigenvalue weighted by atomic mass is 32.1. The minimum absolute atomic E-state index is 0.0144. The molecule has 4 N–H and O–H groups in total. The molecule has 1 aliphatic rings. The van der Waals surface area contributed by atoms with Crippen LogP contribution in [0.2, 0.25) is 0 Å². The van der Waals surface area contributed by atoms with Crippen molar-refractivity contribution in [1.29, 1.82) is 0 Å². The van der Waals surface area contributed by atoms with Crippen molar-refractivity contribution < 1.29 is 9.53 Å². The van der Waals surface area contributed by atoms with Gasteiger partial charge in [0.05, 0.1) is 16.7 Å². The Morgan fingerprint density at radius 3 is 2.65 bits per heavy atom. The van der Waals surface area contributed by atoms with Gasteiger partial charge in [-0.15, -0.1) is 11.3 Å². The van der Waals surface area contributed by atoms with E-state index in [2.05, 4.69) is 10.6 Å². The van der Waals surface area contributed by atoms with Crippen LogP contribution >= 0.6 is 11.3 Å². The summed E-state index contributed by atoms with van der Waals surface area (Å²) in [6.07, 6.45) is 2.16. The van der Waals surface area contributed by atoms with E-state index in [1.165, 1.54) is 18.3 Å². The Balaban J connectivity index is 2.24. The van der Waals surface area contributed by atoms with E-state index < -0.39 is 0 Å². The number of nitrogens with one attached hydrogen (secondary N) is 2. The Labute approximate surface area is 123 Å². The van der Waals surface area contributed by atoms with Crippen LogP contribution in [0.5, 0.6) is 5.75 Å². The summed E-state index contributed by atoms with van der Waals surface area (Å²) >= 11 is 1.40. The van der Waals surface area contributed by atoms with Gasteiger partial charge in [0.25, 0.3) is 0 Å². The summed E-state index contributed by atoms with van der Waals surface area (Å²) in [6, 6.07) is 0.406. The molecule has 0 radical (unpaired) electrons. The zero-order valence-electron chi connectivity index (χ0n) is 12.3. The molecule has 0 aromatic carbocycles. The van der Waals surface area contributed by atoms with E-state index in [9.17, 15) is 4.79 Å². The summed E-state index contributed by atoms with van der Waals surface area (Å²) in [5.41, 5.74) is 6.54. The third-order valence-corrected chi connectivity index (χ3v) is 4.47. The Morgan fingerprint density at radius 2 is 2.10 bits per heavy atom. The predicted molar refractivity (Wildman–Crippen MR) is 84.0 cm³/mol. The van der Waals surface area contributed by atoms with Gasteiger partial charge in [-0.25, -0.2) is 0 Å². The number of piperidine rings is 1. The molecule has 112 valence electrons. The first-order valence-corrected chi connectivity index (χ1v) is 7.87. The summed E-state index contributed by atoms with van der Waals surface area (Å²) in [5, 5.41) is 7.71. The molecule has 0 unspecified atom stereocenters. The van der Waals surface area contributed by atoms with Gasteiger partial charge in [0.2, 0.25) is 0 Å². The highest BCUT2D eigenvalue weighted by molar-refractivity contribution is 7.19. The summed E-state index contributed by atoms with van der Waals surface area (Å²) in [4.78, 5) is 12.2. The van der Waals surface area contributed by atoms with Gasteiger partial charge in [0.1, 0.15) is 5.00 Å².